The van der Waals surface area contributed by atoms with Crippen LogP contribution in [0.25, 0.3) is 0 Å². The number of halogens is 3. The highest BCUT2D eigenvalue weighted by Crippen LogP contribution is 2.36. The third kappa shape index (κ3) is 6.02. The smallest absolute Gasteiger partial charge is 0.417 e. The van der Waals surface area contributed by atoms with Gasteiger partial charge in [-0.2, -0.15) is 13.2 Å². The van der Waals surface area contributed by atoms with E-state index < -0.39 is 18.9 Å². The summed E-state index contributed by atoms with van der Waals surface area (Å²) in [6.45, 7) is 4.85. The molecule has 0 aromatic heterocycles. The Morgan fingerprint density at radius 1 is 1.35 bits per heavy atom. The minimum Gasteiger partial charge on any atom is -0.488 e. The van der Waals surface area contributed by atoms with Gasteiger partial charge in [0, 0.05) is 18.3 Å². The third-order valence-corrected chi connectivity index (χ3v) is 4.50. The molecule has 0 saturated carbocycles. The zero-order chi connectivity index (χ0) is 19.9. The molecule has 146 valence electrons. The van der Waals surface area contributed by atoms with E-state index in [4.69, 9.17) is 4.74 Å². The van der Waals surface area contributed by atoms with Crippen molar-refractivity contribution >= 4 is 28.2 Å². The molecule has 4 nitrogen and oxygen atoms in total. The zero-order valence-corrected chi connectivity index (χ0v) is 16.5. The van der Waals surface area contributed by atoms with Gasteiger partial charge in [0.2, 0.25) is 0 Å². The minimum absolute atomic E-state index is 0.210. The van der Waals surface area contributed by atoms with Crippen LogP contribution in [0.5, 0.6) is 5.75 Å². The van der Waals surface area contributed by atoms with Crippen LogP contribution in [-0.4, -0.2) is 48.1 Å². The highest BCUT2D eigenvalue weighted by molar-refractivity contribution is 8.13. The molecule has 8 heteroatoms. The van der Waals surface area contributed by atoms with E-state index in [1.165, 1.54) is 11.8 Å². The topological polar surface area (TPSA) is 54.2 Å². The molecule has 1 unspecified atom stereocenters. The Morgan fingerprint density at radius 3 is 2.50 bits per heavy atom. The predicted molar refractivity (Wildman–Crippen MR) is 102 cm³/mol. The number of benzene rings is 1. The van der Waals surface area contributed by atoms with Crippen LogP contribution in [0, 0.1) is 6.92 Å². The average molecular weight is 390 g/mol. The van der Waals surface area contributed by atoms with Gasteiger partial charge in [0.05, 0.1) is 5.04 Å². The van der Waals surface area contributed by atoms with Gasteiger partial charge in [-0.25, -0.2) is 0 Å². The Morgan fingerprint density at radius 2 is 2.00 bits per heavy atom. The van der Waals surface area contributed by atoms with E-state index in [9.17, 15) is 18.3 Å². The number of nitrogens with zero attached hydrogens (tertiary/aromatic N) is 2. The minimum atomic E-state index is -4.72. The number of thioether (sulfide) groups is 1. The Bertz CT molecular complexity index is 673. The Balaban J connectivity index is 3.32. The fourth-order valence-electron chi connectivity index (χ4n) is 2.36. The van der Waals surface area contributed by atoms with Gasteiger partial charge in [0.15, 0.2) is 6.10 Å². The Kier molecular flexibility index (Phi) is 8.62. The fourth-order valence-corrected chi connectivity index (χ4v) is 2.98. The first-order chi connectivity index (χ1) is 12.1. The molecule has 1 rings (SSSR count). The van der Waals surface area contributed by atoms with Crippen molar-refractivity contribution in [3.8, 4) is 5.75 Å². The summed E-state index contributed by atoms with van der Waals surface area (Å²) in [7, 11) is 1.68. The van der Waals surface area contributed by atoms with Crippen molar-refractivity contribution in [3.63, 3.8) is 0 Å². The zero-order valence-electron chi connectivity index (χ0n) is 15.6. The van der Waals surface area contributed by atoms with Crippen molar-refractivity contribution < 1.29 is 23.0 Å². The molecule has 0 bridgehead atoms. The second-order valence-corrected chi connectivity index (χ2v) is 6.58. The Labute approximate surface area is 156 Å². The molecule has 0 spiro atoms. The molecule has 0 amide bonds. The van der Waals surface area contributed by atoms with Crippen LogP contribution in [0.4, 0.5) is 18.9 Å². The molecular formula is C18H25F3N2O2S. The number of aliphatic hydroxyl groups excluding tert-OH is 1. The predicted octanol–water partition coefficient (Wildman–Crippen LogP) is 4.93. The Hall–Kier alpha value is -1.54. The van der Waals surface area contributed by atoms with Crippen LogP contribution in [0.2, 0.25) is 0 Å². The first-order valence-electron chi connectivity index (χ1n) is 8.22. The summed E-state index contributed by atoms with van der Waals surface area (Å²) >= 11 is 1.47. The van der Waals surface area contributed by atoms with Crippen LogP contribution in [0.15, 0.2) is 22.1 Å². The van der Waals surface area contributed by atoms with E-state index in [0.717, 1.165) is 34.7 Å². The van der Waals surface area contributed by atoms with Crippen LogP contribution >= 0.6 is 11.8 Å². The molecule has 0 aliphatic heterocycles. The molecule has 0 aliphatic carbocycles. The van der Waals surface area contributed by atoms with E-state index in [2.05, 4.69) is 9.98 Å². The maximum atomic E-state index is 12.5. The summed E-state index contributed by atoms with van der Waals surface area (Å²) in [6.07, 6.45) is -3.70. The second-order valence-electron chi connectivity index (χ2n) is 5.78. The van der Waals surface area contributed by atoms with E-state index >= 15 is 0 Å². The van der Waals surface area contributed by atoms with E-state index in [1.807, 2.05) is 27.0 Å². The van der Waals surface area contributed by atoms with Crippen molar-refractivity contribution in [1.29, 1.82) is 0 Å². The number of aliphatic hydroxyl groups is 1. The van der Waals surface area contributed by atoms with Crippen LogP contribution in [0.1, 0.15) is 37.8 Å². The lowest BCUT2D eigenvalue weighted by atomic mass is 10.1. The van der Waals surface area contributed by atoms with Gasteiger partial charge in [0.1, 0.15) is 18.0 Å². The number of hydrogen-bond acceptors (Lipinski definition) is 5. The normalized spacial score (nSPS) is 14.5. The fraction of sp³-hybridized carbons (Fsp3) is 0.556. The molecule has 1 atom stereocenters. The highest BCUT2D eigenvalue weighted by atomic mass is 32.2. The van der Waals surface area contributed by atoms with Crippen molar-refractivity contribution in [3.05, 3.63) is 23.3 Å². The van der Waals surface area contributed by atoms with Crippen LogP contribution in [-0.2, 0) is 0 Å². The summed E-state index contributed by atoms with van der Waals surface area (Å²) in [4.78, 5) is 8.80. The molecule has 0 heterocycles. The van der Waals surface area contributed by atoms with Gasteiger partial charge in [0.25, 0.3) is 0 Å². The summed E-state index contributed by atoms with van der Waals surface area (Å²) in [5, 5.41) is 9.98. The number of rotatable bonds is 7. The van der Waals surface area contributed by atoms with Crippen LogP contribution < -0.4 is 4.74 Å². The van der Waals surface area contributed by atoms with Gasteiger partial charge in [-0.1, -0.05) is 13.3 Å². The maximum absolute atomic E-state index is 12.5. The monoisotopic (exact) mass is 390 g/mol. The van der Waals surface area contributed by atoms with Gasteiger partial charge >= 0.3 is 6.18 Å². The van der Waals surface area contributed by atoms with E-state index in [-0.39, 0.29) is 5.75 Å². The van der Waals surface area contributed by atoms with Gasteiger partial charge in [-0.3, -0.25) is 9.98 Å². The second kappa shape index (κ2) is 9.97. The number of alkyl halides is 3. The van der Waals surface area contributed by atoms with E-state index in [1.54, 1.807) is 19.2 Å². The maximum Gasteiger partial charge on any atom is 0.417 e. The lowest BCUT2D eigenvalue weighted by Gasteiger charge is -2.18. The summed E-state index contributed by atoms with van der Waals surface area (Å²) in [5.74, 6) is 0.210. The number of aliphatic imine (C=N–C) groups is 2. The lowest BCUT2D eigenvalue weighted by molar-refractivity contribution is -0.210. The largest absolute Gasteiger partial charge is 0.488 e. The number of hydrogen-bond donors (Lipinski definition) is 1. The quantitative estimate of drug-likeness (QED) is 0.531. The van der Waals surface area contributed by atoms with Crippen molar-refractivity contribution in [2.24, 2.45) is 9.98 Å². The lowest BCUT2D eigenvalue weighted by Crippen LogP contribution is -2.34. The SMILES string of the molecule is CCCC(C)=Nc1c(OCC(O)C(F)(F)F)ccc(C(=NC)SC)c1C. The molecule has 1 aromatic rings. The van der Waals surface area contributed by atoms with E-state index in [0.29, 0.717) is 5.69 Å². The van der Waals surface area contributed by atoms with Crippen molar-refractivity contribution in [2.75, 3.05) is 19.9 Å². The molecule has 0 aliphatic rings. The summed E-state index contributed by atoms with van der Waals surface area (Å²) < 4.78 is 42.8. The molecule has 0 saturated heterocycles. The molecule has 0 fully saturated rings. The van der Waals surface area contributed by atoms with Gasteiger partial charge in [-0.05, 0) is 44.2 Å². The molecular weight excluding hydrogens is 365 g/mol. The highest BCUT2D eigenvalue weighted by Gasteiger charge is 2.38. The molecule has 1 N–H and O–H groups in total. The molecule has 26 heavy (non-hydrogen) atoms. The third-order valence-electron chi connectivity index (χ3n) is 3.71. The standard InChI is InChI=1S/C18H25F3N2O2S/c1-6-7-11(2)23-16-12(3)13(17(22-4)26-5)8-9-14(16)25-10-15(24)18(19,20)21/h8-9,15,24H,6-7,10H2,1-5H3. The van der Waals surface area contributed by atoms with Crippen molar-refractivity contribution in [2.45, 2.75) is 45.9 Å². The first-order valence-corrected chi connectivity index (χ1v) is 9.44. The summed E-state index contributed by atoms with van der Waals surface area (Å²) in [6, 6.07) is 3.32. The van der Waals surface area contributed by atoms with Crippen LogP contribution in [0.3, 0.4) is 0 Å². The van der Waals surface area contributed by atoms with Gasteiger partial charge < -0.3 is 9.84 Å². The number of ether oxygens (including phenoxy) is 1. The van der Waals surface area contributed by atoms with Crippen molar-refractivity contribution in [1.82, 2.24) is 0 Å². The first kappa shape index (κ1) is 22.5. The summed E-state index contributed by atoms with van der Waals surface area (Å²) in [5.41, 5.74) is 2.95. The average Bonchev–Trinajstić information content (AvgIpc) is 2.57. The molecule has 0 radical (unpaired) electrons. The molecule has 1 aromatic carbocycles. The van der Waals surface area contributed by atoms with Gasteiger partial charge in [-0.15, -0.1) is 11.8 Å².